The molecule has 17 heavy (non-hydrogen) atoms. The molecule has 0 saturated carbocycles. The van der Waals surface area contributed by atoms with Gasteiger partial charge in [-0.3, -0.25) is 0 Å². The van der Waals surface area contributed by atoms with E-state index in [4.69, 9.17) is 9.78 Å². The highest BCUT2D eigenvalue weighted by Crippen LogP contribution is 2.21. The van der Waals surface area contributed by atoms with Crippen LogP contribution in [0.5, 0.6) is 0 Å². The van der Waals surface area contributed by atoms with Gasteiger partial charge in [0, 0.05) is 17.1 Å². The topological polar surface area (TPSA) is 74.7 Å². The molecular formula is C11H9BrN4O. The highest BCUT2D eigenvalue weighted by atomic mass is 79.9. The minimum absolute atomic E-state index is 0.482. The molecular weight excluding hydrogens is 284 g/mol. The van der Waals surface area contributed by atoms with Gasteiger partial charge in [0.25, 0.3) is 0 Å². The van der Waals surface area contributed by atoms with E-state index in [1.807, 2.05) is 12.1 Å². The standard InChI is InChI=1S/C11H9BrN4O/c1-7-15-11(16-17-7)6-14-9-3-2-8(5-13)10(12)4-9/h2-4,14H,6H2,1H3. The van der Waals surface area contributed by atoms with E-state index in [0.717, 1.165) is 10.2 Å². The Kier molecular flexibility index (Phi) is 3.40. The quantitative estimate of drug-likeness (QED) is 0.941. The van der Waals surface area contributed by atoms with Crippen LogP contribution in [0, 0.1) is 18.3 Å². The molecule has 0 aliphatic heterocycles. The highest BCUT2D eigenvalue weighted by Gasteiger charge is 2.03. The van der Waals surface area contributed by atoms with E-state index in [9.17, 15) is 0 Å². The summed E-state index contributed by atoms with van der Waals surface area (Å²) in [4.78, 5) is 4.08. The lowest BCUT2D eigenvalue weighted by Gasteiger charge is -2.04. The van der Waals surface area contributed by atoms with Crippen molar-refractivity contribution in [3.05, 3.63) is 40.0 Å². The van der Waals surface area contributed by atoms with E-state index < -0.39 is 0 Å². The Labute approximate surface area is 107 Å². The summed E-state index contributed by atoms with van der Waals surface area (Å²) in [5.74, 6) is 1.14. The molecule has 1 N–H and O–H groups in total. The van der Waals surface area contributed by atoms with Crippen molar-refractivity contribution in [1.29, 1.82) is 5.26 Å². The van der Waals surface area contributed by atoms with Gasteiger partial charge in [-0.15, -0.1) is 0 Å². The Balaban J connectivity index is 2.05. The van der Waals surface area contributed by atoms with Crippen molar-refractivity contribution >= 4 is 21.6 Å². The van der Waals surface area contributed by atoms with Gasteiger partial charge in [0.1, 0.15) is 6.07 Å². The van der Waals surface area contributed by atoms with E-state index in [-0.39, 0.29) is 0 Å². The second kappa shape index (κ2) is 4.97. The molecule has 0 aliphatic carbocycles. The zero-order chi connectivity index (χ0) is 12.3. The number of nitriles is 1. The number of rotatable bonds is 3. The zero-order valence-electron chi connectivity index (χ0n) is 9.07. The van der Waals surface area contributed by atoms with Crippen molar-refractivity contribution in [3.8, 4) is 6.07 Å². The average molecular weight is 293 g/mol. The van der Waals surface area contributed by atoms with E-state index in [1.165, 1.54) is 0 Å². The Morgan fingerprint density at radius 2 is 2.35 bits per heavy atom. The summed E-state index contributed by atoms with van der Waals surface area (Å²) in [5.41, 5.74) is 1.49. The minimum Gasteiger partial charge on any atom is -0.378 e. The van der Waals surface area contributed by atoms with Crippen LogP contribution in [-0.4, -0.2) is 10.1 Å². The van der Waals surface area contributed by atoms with Crippen molar-refractivity contribution < 1.29 is 4.52 Å². The summed E-state index contributed by atoms with van der Waals surface area (Å²) in [6.07, 6.45) is 0. The molecule has 5 nitrogen and oxygen atoms in total. The summed E-state index contributed by atoms with van der Waals surface area (Å²) in [6.45, 7) is 2.23. The van der Waals surface area contributed by atoms with Crippen LogP contribution in [0.3, 0.4) is 0 Å². The molecule has 2 rings (SSSR count). The monoisotopic (exact) mass is 292 g/mol. The number of halogens is 1. The molecule has 0 fully saturated rings. The van der Waals surface area contributed by atoms with Gasteiger partial charge in [0.2, 0.25) is 5.89 Å². The number of nitrogens with zero attached hydrogens (tertiary/aromatic N) is 3. The van der Waals surface area contributed by atoms with Crippen LogP contribution < -0.4 is 5.32 Å². The fourth-order valence-electron chi connectivity index (χ4n) is 1.31. The molecule has 1 aromatic carbocycles. The number of aryl methyl sites for hydroxylation is 1. The van der Waals surface area contributed by atoms with Crippen molar-refractivity contribution in [2.75, 3.05) is 5.32 Å². The smallest absolute Gasteiger partial charge is 0.223 e. The maximum absolute atomic E-state index is 8.79. The molecule has 6 heteroatoms. The van der Waals surface area contributed by atoms with Gasteiger partial charge in [-0.25, -0.2) is 0 Å². The van der Waals surface area contributed by atoms with Crippen LogP contribution in [-0.2, 0) is 6.54 Å². The Bertz CT molecular complexity index is 573. The molecule has 0 radical (unpaired) electrons. The maximum atomic E-state index is 8.79. The van der Waals surface area contributed by atoms with Crippen LogP contribution in [0.25, 0.3) is 0 Å². The third kappa shape index (κ3) is 2.82. The minimum atomic E-state index is 0.482. The van der Waals surface area contributed by atoms with E-state index in [0.29, 0.717) is 23.8 Å². The number of aromatic nitrogens is 2. The number of anilines is 1. The van der Waals surface area contributed by atoms with Crippen LogP contribution in [0.4, 0.5) is 5.69 Å². The molecule has 1 aromatic heterocycles. The van der Waals surface area contributed by atoms with Gasteiger partial charge in [-0.05, 0) is 34.1 Å². The largest absolute Gasteiger partial charge is 0.378 e. The number of hydrogen-bond donors (Lipinski definition) is 1. The van der Waals surface area contributed by atoms with E-state index >= 15 is 0 Å². The van der Waals surface area contributed by atoms with Gasteiger partial charge in [-0.2, -0.15) is 10.2 Å². The second-order valence-corrected chi connectivity index (χ2v) is 4.24. The van der Waals surface area contributed by atoms with Crippen LogP contribution in [0.2, 0.25) is 0 Å². The Hall–Kier alpha value is -1.87. The molecule has 0 unspecified atom stereocenters. The predicted molar refractivity (Wildman–Crippen MR) is 65.2 cm³/mol. The van der Waals surface area contributed by atoms with Crippen LogP contribution in [0.1, 0.15) is 17.3 Å². The van der Waals surface area contributed by atoms with Gasteiger partial charge < -0.3 is 9.84 Å². The molecule has 2 aromatic rings. The van der Waals surface area contributed by atoms with Gasteiger partial charge in [-0.1, -0.05) is 5.16 Å². The summed E-state index contributed by atoms with van der Waals surface area (Å²) >= 11 is 3.33. The summed E-state index contributed by atoms with van der Waals surface area (Å²) in [5, 5.41) is 15.7. The number of nitrogens with one attached hydrogen (secondary N) is 1. The lowest BCUT2D eigenvalue weighted by Crippen LogP contribution is -2.01. The Morgan fingerprint density at radius 3 is 2.94 bits per heavy atom. The molecule has 1 heterocycles. The SMILES string of the molecule is Cc1nc(CNc2ccc(C#N)c(Br)c2)no1. The first-order chi connectivity index (χ1) is 8.19. The molecule has 0 bridgehead atoms. The highest BCUT2D eigenvalue weighted by molar-refractivity contribution is 9.10. The first kappa shape index (κ1) is 11.6. The first-order valence-electron chi connectivity index (χ1n) is 4.92. The second-order valence-electron chi connectivity index (χ2n) is 3.39. The Morgan fingerprint density at radius 1 is 1.53 bits per heavy atom. The molecule has 0 spiro atoms. The van der Waals surface area contributed by atoms with Crippen molar-refractivity contribution in [2.24, 2.45) is 0 Å². The van der Waals surface area contributed by atoms with Crippen LogP contribution >= 0.6 is 15.9 Å². The van der Waals surface area contributed by atoms with Crippen LogP contribution in [0.15, 0.2) is 27.2 Å². The van der Waals surface area contributed by atoms with E-state index in [2.05, 4.69) is 37.5 Å². The summed E-state index contributed by atoms with van der Waals surface area (Å²) in [6, 6.07) is 7.50. The maximum Gasteiger partial charge on any atom is 0.223 e. The lowest BCUT2D eigenvalue weighted by atomic mass is 10.2. The molecule has 0 amide bonds. The lowest BCUT2D eigenvalue weighted by molar-refractivity contribution is 0.388. The number of benzene rings is 1. The van der Waals surface area contributed by atoms with E-state index in [1.54, 1.807) is 13.0 Å². The molecule has 0 saturated heterocycles. The average Bonchev–Trinajstić information content (AvgIpc) is 2.73. The number of hydrogen-bond acceptors (Lipinski definition) is 5. The van der Waals surface area contributed by atoms with Crippen molar-refractivity contribution in [2.45, 2.75) is 13.5 Å². The summed E-state index contributed by atoms with van der Waals surface area (Å²) in [7, 11) is 0. The third-order valence-electron chi connectivity index (χ3n) is 2.11. The first-order valence-corrected chi connectivity index (χ1v) is 5.71. The molecule has 0 atom stereocenters. The van der Waals surface area contributed by atoms with Gasteiger partial charge in [0.15, 0.2) is 5.82 Å². The predicted octanol–water partition coefficient (Wildman–Crippen LogP) is 2.62. The van der Waals surface area contributed by atoms with Crippen molar-refractivity contribution in [3.63, 3.8) is 0 Å². The fraction of sp³-hybridized carbons (Fsp3) is 0.182. The van der Waals surface area contributed by atoms with Gasteiger partial charge in [0.05, 0.1) is 12.1 Å². The fourth-order valence-corrected chi connectivity index (χ4v) is 1.78. The third-order valence-corrected chi connectivity index (χ3v) is 2.77. The zero-order valence-corrected chi connectivity index (χ0v) is 10.7. The van der Waals surface area contributed by atoms with Gasteiger partial charge >= 0.3 is 0 Å². The van der Waals surface area contributed by atoms with Crippen molar-refractivity contribution in [1.82, 2.24) is 10.1 Å². The molecule has 0 aliphatic rings. The summed E-state index contributed by atoms with van der Waals surface area (Å²) < 4.78 is 5.62. The normalized spacial score (nSPS) is 9.94. The molecule has 86 valence electrons.